The standard InChI is InChI=1S/C12H16N4O2S/c1-7-9(8(2)18-16-7)5-14-12(17)10-6-19-11(15-10)3-4-13/h6H,3-5,13H2,1-2H3,(H,14,17). The molecule has 7 heteroatoms. The molecule has 0 aliphatic rings. The zero-order valence-electron chi connectivity index (χ0n) is 10.9. The maximum atomic E-state index is 11.9. The van der Waals surface area contributed by atoms with Gasteiger partial charge in [-0.2, -0.15) is 0 Å². The van der Waals surface area contributed by atoms with Crippen LogP contribution in [0.5, 0.6) is 0 Å². The highest BCUT2D eigenvalue weighted by molar-refractivity contribution is 7.09. The van der Waals surface area contributed by atoms with Crippen LogP contribution in [0.4, 0.5) is 0 Å². The van der Waals surface area contributed by atoms with Gasteiger partial charge in [-0.05, 0) is 20.4 Å². The molecule has 0 spiro atoms. The molecule has 0 atom stereocenters. The van der Waals surface area contributed by atoms with Gasteiger partial charge in [-0.3, -0.25) is 4.79 Å². The number of rotatable bonds is 5. The van der Waals surface area contributed by atoms with Gasteiger partial charge in [0.25, 0.3) is 5.91 Å². The number of amides is 1. The van der Waals surface area contributed by atoms with Crippen LogP contribution in [0, 0.1) is 13.8 Å². The molecule has 0 bridgehead atoms. The van der Waals surface area contributed by atoms with Gasteiger partial charge in [0, 0.05) is 23.9 Å². The molecule has 2 rings (SSSR count). The van der Waals surface area contributed by atoms with Gasteiger partial charge in [0.05, 0.1) is 10.7 Å². The van der Waals surface area contributed by atoms with Gasteiger partial charge in [-0.1, -0.05) is 5.16 Å². The fourth-order valence-electron chi connectivity index (χ4n) is 1.67. The molecule has 0 aromatic carbocycles. The van der Waals surface area contributed by atoms with Crippen molar-refractivity contribution in [1.29, 1.82) is 0 Å². The molecule has 3 N–H and O–H groups in total. The SMILES string of the molecule is Cc1noc(C)c1CNC(=O)c1csc(CCN)n1. The summed E-state index contributed by atoms with van der Waals surface area (Å²) < 4.78 is 5.04. The number of nitrogens with two attached hydrogens (primary N) is 1. The maximum Gasteiger partial charge on any atom is 0.271 e. The first kappa shape index (κ1) is 13.7. The summed E-state index contributed by atoms with van der Waals surface area (Å²) in [7, 11) is 0. The van der Waals surface area contributed by atoms with E-state index in [1.165, 1.54) is 11.3 Å². The molecule has 2 aromatic heterocycles. The van der Waals surface area contributed by atoms with E-state index in [2.05, 4.69) is 15.5 Å². The van der Waals surface area contributed by atoms with Gasteiger partial charge in [0.1, 0.15) is 11.5 Å². The fourth-order valence-corrected chi connectivity index (χ4v) is 2.46. The molecule has 19 heavy (non-hydrogen) atoms. The Morgan fingerprint density at radius 2 is 2.32 bits per heavy atom. The van der Waals surface area contributed by atoms with E-state index >= 15 is 0 Å². The third-order valence-corrected chi connectivity index (χ3v) is 3.66. The minimum absolute atomic E-state index is 0.195. The predicted molar refractivity (Wildman–Crippen MR) is 72.0 cm³/mol. The first-order chi connectivity index (χ1) is 9.11. The Balaban J connectivity index is 1.97. The lowest BCUT2D eigenvalue weighted by molar-refractivity contribution is 0.0946. The lowest BCUT2D eigenvalue weighted by Gasteiger charge is -2.02. The van der Waals surface area contributed by atoms with Crippen LogP contribution in [-0.4, -0.2) is 22.6 Å². The van der Waals surface area contributed by atoms with Crippen LogP contribution >= 0.6 is 11.3 Å². The van der Waals surface area contributed by atoms with Crippen molar-refractivity contribution in [3.63, 3.8) is 0 Å². The largest absolute Gasteiger partial charge is 0.361 e. The van der Waals surface area contributed by atoms with E-state index in [1.54, 1.807) is 5.38 Å². The molecule has 6 nitrogen and oxygen atoms in total. The highest BCUT2D eigenvalue weighted by atomic mass is 32.1. The number of thiazole rings is 1. The zero-order valence-corrected chi connectivity index (χ0v) is 11.7. The summed E-state index contributed by atoms with van der Waals surface area (Å²) in [5.74, 6) is 0.527. The van der Waals surface area contributed by atoms with Crippen molar-refractivity contribution >= 4 is 17.2 Å². The second-order valence-electron chi connectivity index (χ2n) is 4.15. The molecule has 0 aliphatic heterocycles. The first-order valence-corrected chi connectivity index (χ1v) is 6.84. The Hall–Kier alpha value is -1.73. The molecule has 102 valence electrons. The van der Waals surface area contributed by atoms with E-state index in [9.17, 15) is 4.79 Å². The zero-order chi connectivity index (χ0) is 13.8. The third kappa shape index (κ3) is 3.18. The van der Waals surface area contributed by atoms with Gasteiger partial charge in [0.15, 0.2) is 0 Å². The van der Waals surface area contributed by atoms with Crippen LogP contribution in [-0.2, 0) is 13.0 Å². The van der Waals surface area contributed by atoms with E-state index in [0.717, 1.165) is 22.0 Å². The van der Waals surface area contributed by atoms with Crippen LogP contribution < -0.4 is 11.1 Å². The molecule has 1 amide bonds. The van der Waals surface area contributed by atoms with Gasteiger partial charge >= 0.3 is 0 Å². The van der Waals surface area contributed by atoms with Gasteiger partial charge in [-0.25, -0.2) is 4.98 Å². The number of aromatic nitrogens is 2. The van der Waals surface area contributed by atoms with Gasteiger partial charge in [-0.15, -0.1) is 11.3 Å². The Labute approximate surface area is 115 Å². The van der Waals surface area contributed by atoms with Crippen LogP contribution in [0.1, 0.15) is 32.5 Å². The fraction of sp³-hybridized carbons (Fsp3) is 0.417. The Bertz CT molecular complexity index is 557. The second-order valence-corrected chi connectivity index (χ2v) is 5.09. The number of aryl methyl sites for hydroxylation is 2. The smallest absolute Gasteiger partial charge is 0.271 e. The third-order valence-electron chi connectivity index (χ3n) is 2.75. The highest BCUT2D eigenvalue weighted by Crippen LogP contribution is 2.13. The normalized spacial score (nSPS) is 10.7. The van der Waals surface area contributed by atoms with Crippen LogP contribution in [0.3, 0.4) is 0 Å². The number of carbonyl (C=O) groups is 1. The van der Waals surface area contributed by atoms with Crippen molar-refractivity contribution < 1.29 is 9.32 Å². The second kappa shape index (κ2) is 5.94. The molecule has 2 heterocycles. The van der Waals surface area contributed by atoms with Gasteiger partial charge in [0.2, 0.25) is 0 Å². The van der Waals surface area contributed by atoms with Crippen LogP contribution in [0.15, 0.2) is 9.90 Å². The average Bonchev–Trinajstić information content (AvgIpc) is 2.96. The van der Waals surface area contributed by atoms with Gasteiger partial charge < -0.3 is 15.6 Å². The minimum atomic E-state index is -0.195. The summed E-state index contributed by atoms with van der Waals surface area (Å²) in [6, 6.07) is 0. The summed E-state index contributed by atoms with van der Waals surface area (Å²) in [6.45, 7) is 4.60. The lowest BCUT2D eigenvalue weighted by Crippen LogP contribution is -2.23. The number of hydrogen-bond donors (Lipinski definition) is 2. The highest BCUT2D eigenvalue weighted by Gasteiger charge is 2.13. The van der Waals surface area contributed by atoms with Crippen molar-refractivity contribution in [3.05, 3.63) is 33.1 Å². The van der Waals surface area contributed by atoms with Crippen LogP contribution in [0.2, 0.25) is 0 Å². The molecule has 0 saturated carbocycles. The monoisotopic (exact) mass is 280 g/mol. The number of nitrogens with one attached hydrogen (secondary N) is 1. The van der Waals surface area contributed by atoms with Crippen molar-refractivity contribution in [1.82, 2.24) is 15.5 Å². The van der Waals surface area contributed by atoms with E-state index in [1.807, 2.05) is 13.8 Å². The van der Waals surface area contributed by atoms with Crippen LogP contribution in [0.25, 0.3) is 0 Å². The number of nitrogens with zero attached hydrogens (tertiary/aromatic N) is 2. The van der Waals surface area contributed by atoms with Crippen molar-refractivity contribution in [2.75, 3.05) is 6.54 Å². The van der Waals surface area contributed by atoms with E-state index in [4.69, 9.17) is 10.3 Å². The topological polar surface area (TPSA) is 94.0 Å². The molecule has 0 aliphatic carbocycles. The Morgan fingerprint density at radius 3 is 2.95 bits per heavy atom. The summed E-state index contributed by atoms with van der Waals surface area (Å²) in [5, 5.41) is 9.28. The van der Waals surface area contributed by atoms with Crippen molar-refractivity contribution in [2.45, 2.75) is 26.8 Å². The van der Waals surface area contributed by atoms with E-state index < -0.39 is 0 Å². The number of carbonyl (C=O) groups excluding carboxylic acids is 1. The quantitative estimate of drug-likeness (QED) is 0.857. The molecule has 2 aromatic rings. The number of hydrogen-bond acceptors (Lipinski definition) is 6. The molecule has 0 fully saturated rings. The summed E-state index contributed by atoms with van der Waals surface area (Å²) in [4.78, 5) is 16.2. The maximum absolute atomic E-state index is 11.9. The van der Waals surface area contributed by atoms with E-state index in [-0.39, 0.29) is 5.91 Å². The lowest BCUT2D eigenvalue weighted by atomic mass is 10.2. The molecule has 0 radical (unpaired) electrons. The summed E-state index contributed by atoms with van der Waals surface area (Å²) in [5.41, 5.74) is 7.58. The van der Waals surface area contributed by atoms with E-state index in [0.29, 0.717) is 25.2 Å². The summed E-state index contributed by atoms with van der Waals surface area (Å²) in [6.07, 6.45) is 0.696. The van der Waals surface area contributed by atoms with Crippen molar-refractivity contribution in [3.8, 4) is 0 Å². The molecule has 0 unspecified atom stereocenters. The minimum Gasteiger partial charge on any atom is -0.361 e. The summed E-state index contributed by atoms with van der Waals surface area (Å²) >= 11 is 1.45. The Kier molecular flexibility index (Phi) is 4.28. The predicted octanol–water partition coefficient (Wildman–Crippen LogP) is 1.18. The first-order valence-electron chi connectivity index (χ1n) is 5.96. The molecule has 0 saturated heterocycles. The Morgan fingerprint density at radius 1 is 1.53 bits per heavy atom. The van der Waals surface area contributed by atoms with Crippen molar-refractivity contribution in [2.24, 2.45) is 5.73 Å². The molecular weight excluding hydrogens is 264 g/mol. The average molecular weight is 280 g/mol. The molecular formula is C12H16N4O2S.